The van der Waals surface area contributed by atoms with Gasteiger partial charge in [0, 0.05) is 0 Å². The highest BCUT2D eigenvalue weighted by Gasteiger charge is 2.72. The summed E-state index contributed by atoms with van der Waals surface area (Å²) < 4.78 is 0. The van der Waals surface area contributed by atoms with Gasteiger partial charge in [-0.15, -0.1) is 0 Å². The van der Waals surface area contributed by atoms with Crippen molar-refractivity contribution >= 4 is 0 Å². The van der Waals surface area contributed by atoms with Gasteiger partial charge in [0.2, 0.25) is 0 Å². The molecule has 0 N–H and O–H groups in total. The van der Waals surface area contributed by atoms with Crippen molar-refractivity contribution in [3.05, 3.63) is 11.6 Å². The first-order chi connectivity index (χ1) is 6.93. The minimum Gasteiger partial charge on any atom is -0.0847 e. The second-order valence-electron chi connectivity index (χ2n) is 7.18. The molecule has 0 heterocycles. The molecule has 84 valence electrons. The Morgan fingerprint density at radius 2 is 1.93 bits per heavy atom. The zero-order chi connectivity index (χ0) is 10.9. The Kier molecular flexibility index (Phi) is 1.67. The Labute approximate surface area is 94.1 Å². The van der Waals surface area contributed by atoms with Gasteiger partial charge < -0.3 is 0 Å². The van der Waals surface area contributed by atoms with Crippen LogP contribution in [0, 0.1) is 22.2 Å². The van der Waals surface area contributed by atoms with E-state index >= 15 is 0 Å². The van der Waals surface area contributed by atoms with Gasteiger partial charge in [-0.1, -0.05) is 38.8 Å². The number of hydrogen-bond acceptors (Lipinski definition) is 0. The SMILES string of the molecule is CC1=CC[C@@]2(C)CCCC(C)(C)[C@]23C[C@H]13. The molecule has 0 saturated heterocycles. The van der Waals surface area contributed by atoms with Crippen LogP contribution in [0.5, 0.6) is 0 Å². The molecule has 2 fully saturated rings. The van der Waals surface area contributed by atoms with Crippen LogP contribution in [0.4, 0.5) is 0 Å². The maximum atomic E-state index is 2.57. The zero-order valence-corrected chi connectivity index (χ0v) is 10.7. The summed E-state index contributed by atoms with van der Waals surface area (Å²) in [5.74, 6) is 0.937. The van der Waals surface area contributed by atoms with E-state index in [4.69, 9.17) is 0 Å². The Hall–Kier alpha value is -0.260. The monoisotopic (exact) mass is 204 g/mol. The Balaban J connectivity index is 2.10. The summed E-state index contributed by atoms with van der Waals surface area (Å²) in [6, 6.07) is 0. The van der Waals surface area contributed by atoms with Gasteiger partial charge in [0.1, 0.15) is 0 Å². The normalized spacial score (nSPS) is 51.5. The Bertz CT molecular complexity index is 336. The quantitative estimate of drug-likeness (QED) is 0.507. The summed E-state index contributed by atoms with van der Waals surface area (Å²) >= 11 is 0. The highest BCUT2D eigenvalue weighted by atomic mass is 14.8. The van der Waals surface area contributed by atoms with Crippen molar-refractivity contribution in [1.29, 1.82) is 0 Å². The first kappa shape index (κ1) is 9.93. The molecule has 1 spiro atoms. The van der Waals surface area contributed by atoms with E-state index < -0.39 is 0 Å². The third-order valence-electron chi connectivity index (χ3n) is 6.20. The van der Waals surface area contributed by atoms with Crippen LogP contribution in [0.25, 0.3) is 0 Å². The molecule has 3 aliphatic carbocycles. The van der Waals surface area contributed by atoms with Crippen LogP contribution >= 0.6 is 0 Å². The number of rotatable bonds is 0. The summed E-state index contributed by atoms with van der Waals surface area (Å²) in [4.78, 5) is 0. The van der Waals surface area contributed by atoms with Crippen LogP contribution < -0.4 is 0 Å². The van der Waals surface area contributed by atoms with E-state index in [-0.39, 0.29) is 0 Å². The van der Waals surface area contributed by atoms with Gasteiger partial charge in [0.15, 0.2) is 0 Å². The van der Waals surface area contributed by atoms with E-state index in [1.165, 1.54) is 32.1 Å². The Morgan fingerprint density at radius 1 is 1.20 bits per heavy atom. The van der Waals surface area contributed by atoms with Crippen molar-refractivity contribution in [2.45, 2.75) is 59.8 Å². The predicted molar refractivity (Wildman–Crippen MR) is 64.7 cm³/mol. The average Bonchev–Trinajstić information content (AvgIpc) is 2.88. The average molecular weight is 204 g/mol. The molecule has 0 heteroatoms. The topological polar surface area (TPSA) is 0 Å². The third kappa shape index (κ3) is 0.946. The van der Waals surface area contributed by atoms with Crippen LogP contribution in [0.15, 0.2) is 11.6 Å². The lowest BCUT2D eigenvalue weighted by atomic mass is 9.50. The molecule has 15 heavy (non-hydrogen) atoms. The summed E-state index contributed by atoms with van der Waals surface area (Å²) in [7, 11) is 0. The van der Waals surface area contributed by atoms with E-state index in [1.807, 2.05) is 0 Å². The fourth-order valence-electron chi connectivity index (χ4n) is 5.22. The molecule has 0 amide bonds. The number of allylic oxidation sites excluding steroid dienone is 2. The lowest BCUT2D eigenvalue weighted by molar-refractivity contribution is -0.0346. The number of hydrogen-bond donors (Lipinski definition) is 0. The lowest BCUT2D eigenvalue weighted by Gasteiger charge is -2.54. The molecule has 3 atom stereocenters. The van der Waals surface area contributed by atoms with Gasteiger partial charge in [-0.2, -0.15) is 0 Å². The van der Waals surface area contributed by atoms with E-state index in [0.717, 1.165) is 5.92 Å². The van der Waals surface area contributed by atoms with E-state index in [2.05, 4.69) is 33.8 Å². The van der Waals surface area contributed by atoms with Crippen LogP contribution in [0.3, 0.4) is 0 Å². The van der Waals surface area contributed by atoms with E-state index in [0.29, 0.717) is 16.2 Å². The van der Waals surface area contributed by atoms with Gasteiger partial charge in [-0.3, -0.25) is 0 Å². The molecule has 0 aromatic rings. The molecule has 0 aliphatic heterocycles. The van der Waals surface area contributed by atoms with Crippen LogP contribution in [0.1, 0.15) is 59.8 Å². The zero-order valence-electron chi connectivity index (χ0n) is 10.7. The molecule has 0 radical (unpaired) electrons. The van der Waals surface area contributed by atoms with Crippen LogP contribution in [0.2, 0.25) is 0 Å². The second kappa shape index (κ2) is 2.52. The van der Waals surface area contributed by atoms with Gasteiger partial charge in [0.05, 0.1) is 0 Å². The van der Waals surface area contributed by atoms with Gasteiger partial charge in [0.25, 0.3) is 0 Å². The largest absolute Gasteiger partial charge is 0.0847 e. The first-order valence-corrected chi connectivity index (χ1v) is 6.60. The maximum Gasteiger partial charge on any atom is -0.0118 e. The molecule has 0 unspecified atom stereocenters. The van der Waals surface area contributed by atoms with Crippen molar-refractivity contribution in [1.82, 2.24) is 0 Å². The molecule has 2 saturated carbocycles. The van der Waals surface area contributed by atoms with Crippen LogP contribution in [-0.2, 0) is 0 Å². The molecule has 0 nitrogen and oxygen atoms in total. The molecular weight excluding hydrogens is 180 g/mol. The smallest absolute Gasteiger partial charge is 0.0118 e. The minimum absolute atomic E-state index is 0.584. The molecule has 3 aliphatic rings. The molecule has 0 aromatic heterocycles. The summed E-state index contributed by atoms with van der Waals surface area (Å²) in [6.07, 6.45) is 9.74. The third-order valence-corrected chi connectivity index (χ3v) is 6.20. The molecular formula is C15H24. The standard InChI is InChI=1S/C15H24/c1-11-6-9-14(4)8-5-7-13(2,3)15(14)10-12(11)15/h6,12H,5,7-10H2,1-4H3/t12-,14-,15-/m1/s1. The highest BCUT2D eigenvalue weighted by Crippen LogP contribution is 2.80. The van der Waals surface area contributed by atoms with Crippen molar-refractivity contribution in [3.8, 4) is 0 Å². The van der Waals surface area contributed by atoms with Crippen LogP contribution in [-0.4, -0.2) is 0 Å². The maximum absolute atomic E-state index is 2.57. The van der Waals surface area contributed by atoms with E-state index in [9.17, 15) is 0 Å². The van der Waals surface area contributed by atoms with E-state index in [1.54, 1.807) is 5.57 Å². The van der Waals surface area contributed by atoms with Gasteiger partial charge in [-0.25, -0.2) is 0 Å². The molecule has 3 rings (SSSR count). The predicted octanol–water partition coefficient (Wildman–Crippen LogP) is 4.56. The summed E-state index contributed by atoms with van der Waals surface area (Å²) in [5.41, 5.74) is 3.58. The fourth-order valence-corrected chi connectivity index (χ4v) is 5.22. The van der Waals surface area contributed by atoms with Crippen molar-refractivity contribution < 1.29 is 0 Å². The van der Waals surface area contributed by atoms with Crippen molar-refractivity contribution in [2.75, 3.05) is 0 Å². The minimum atomic E-state index is 0.584. The lowest BCUT2D eigenvalue weighted by Crippen LogP contribution is -2.46. The highest BCUT2D eigenvalue weighted by molar-refractivity contribution is 5.33. The van der Waals surface area contributed by atoms with Crippen molar-refractivity contribution in [2.24, 2.45) is 22.2 Å². The van der Waals surface area contributed by atoms with Gasteiger partial charge in [-0.05, 0) is 54.8 Å². The molecule has 0 bridgehead atoms. The van der Waals surface area contributed by atoms with Gasteiger partial charge >= 0.3 is 0 Å². The first-order valence-electron chi connectivity index (χ1n) is 6.60. The summed E-state index contributed by atoms with van der Waals surface area (Å²) in [5, 5.41) is 0. The van der Waals surface area contributed by atoms with Crippen molar-refractivity contribution in [3.63, 3.8) is 0 Å². The fraction of sp³-hybridized carbons (Fsp3) is 0.867. The Morgan fingerprint density at radius 3 is 2.67 bits per heavy atom. The second-order valence-corrected chi connectivity index (χ2v) is 7.18. The summed E-state index contributed by atoms with van der Waals surface area (Å²) in [6.45, 7) is 9.99. The molecule has 0 aromatic carbocycles.